The quantitative estimate of drug-likeness (QED) is 0.811. The van der Waals surface area contributed by atoms with Gasteiger partial charge in [-0.1, -0.05) is 18.6 Å². The Labute approximate surface area is 123 Å². The lowest BCUT2D eigenvalue weighted by atomic mass is 9.97. The second-order valence-electron chi connectivity index (χ2n) is 5.92. The smallest absolute Gasteiger partial charge is 0.119 e. The van der Waals surface area contributed by atoms with E-state index in [0.29, 0.717) is 6.54 Å². The number of hydrogen-bond acceptors (Lipinski definition) is 3. The van der Waals surface area contributed by atoms with E-state index in [1.165, 1.54) is 19.3 Å². The van der Waals surface area contributed by atoms with Crippen LogP contribution in [0.3, 0.4) is 0 Å². The van der Waals surface area contributed by atoms with Gasteiger partial charge in [0.2, 0.25) is 0 Å². The summed E-state index contributed by atoms with van der Waals surface area (Å²) < 4.78 is 5.80. The van der Waals surface area contributed by atoms with Gasteiger partial charge in [-0.25, -0.2) is 0 Å². The van der Waals surface area contributed by atoms with Crippen molar-refractivity contribution in [2.24, 2.45) is 5.73 Å². The third-order valence-corrected chi connectivity index (χ3v) is 4.36. The molecule has 1 aliphatic rings. The SMILES string of the molecule is C[C@@H]1CCC[C@H](C)N1CCCOc1ccc(CN)cc1. The van der Waals surface area contributed by atoms with Gasteiger partial charge in [0.25, 0.3) is 0 Å². The van der Waals surface area contributed by atoms with Crippen molar-refractivity contribution in [3.63, 3.8) is 0 Å². The number of benzene rings is 1. The summed E-state index contributed by atoms with van der Waals surface area (Å²) in [5, 5.41) is 0. The van der Waals surface area contributed by atoms with Crippen molar-refractivity contribution in [1.29, 1.82) is 0 Å². The number of ether oxygens (including phenoxy) is 1. The molecule has 1 fully saturated rings. The van der Waals surface area contributed by atoms with Crippen LogP contribution in [-0.2, 0) is 6.54 Å². The van der Waals surface area contributed by atoms with Crippen LogP contribution in [0, 0.1) is 0 Å². The van der Waals surface area contributed by atoms with Crippen LogP contribution in [0.15, 0.2) is 24.3 Å². The van der Waals surface area contributed by atoms with Crippen molar-refractivity contribution in [1.82, 2.24) is 4.90 Å². The molecule has 20 heavy (non-hydrogen) atoms. The lowest BCUT2D eigenvalue weighted by Crippen LogP contribution is -2.44. The van der Waals surface area contributed by atoms with E-state index < -0.39 is 0 Å². The Kier molecular flexibility index (Phi) is 5.86. The Morgan fingerprint density at radius 1 is 1.15 bits per heavy atom. The predicted octanol–water partition coefficient (Wildman–Crippen LogP) is 3.18. The summed E-state index contributed by atoms with van der Waals surface area (Å²) in [5.74, 6) is 0.946. The largest absolute Gasteiger partial charge is 0.494 e. The maximum atomic E-state index is 5.80. The molecule has 3 nitrogen and oxygen atoms in total. The van der Waals surface area contributed by atoms with Gasteiger partial charge in [-0.3, -0.25) is 4.90 Å². The van der Waals surface area contributed by atoms with Crippen LogP contribution in [0.25, 0.3) is 0 Å². The molecule has 1 aliphatic heterocycles. The number of piperidine rings is 1. The second kappa shape index (κ2) is 7.65. The molecule has 0 aromatic heterocycles. The van der Waals surface area contributed by atoms with Crippen molar-refractivity contribution in [2.75, 3.05) is 13.2 Å². The van der Waals surface area contributed by atoms with E-state index in [1.54, 1.807) is 0 Å². The zero-order valence-electron chi connectivity index (χ0n) is 12.8. The molecule has 2 N–H and O–H groups in total. The highest BCUT2D eigenvalue weighted by atomic mass is 16.5. The summed E-state index contributed by atoms with van der Waals surface area (Å²) in [5.41, 5.74) is 6.73. The van der Waals surface area contributed by atoms with Crippen LogP contribution < -0.4 is 10.5 Å². The van der Waals surface area contributed by atoms with Gasteiger partial charge in [-0.2, -0.15) is 0 Å². The standard InChI is InChI=1S/C17H28N2O/c1-14-5-3-6-15(2)19(14)11-4-12-20-17-9-7-16(13-18)8-10-17/h7-10,14-15H,3-6,11-13,18H2,1-2H3/t14-,15+. The molecule has 0 spiro atoms. The van der Waals surface area contributed by atoms with Crippen LogP contribution in [-0.4, -0.2) is 30.1 Å². The maximum absolute atomic E-state index is 5.80. The third-order valence-electron chi connectivity index (χ3n) is 4.36. The molecule has 0 bridgehead atoms. The highest BCUT2D eigenvalue weighted by Crippen LogP contribution is 2.22. The topological polar surface area (TPSA) is 38.5 Å². The minimum atomic E-state index is 0.588. The Balaban J connectivity index is 1.70. The minimum Gasteiger partial charge on any atom is -0.494 e. The van der Waals surface area contributed by atoms with E-state index >= 15 is 0 Å². The highest BCUT2D eigenvalue weighted by Gasteiger charge is 2.23. The van der Waals surface area contributed by atoms with Gasteiger partial charge < -0.3 is 10.5 Å². The normalized spacial score (nSPS) is 23.8. The summed E-state index contributed by atoms with van der Waals surface area (Å²) in [6.45, 7) is 7.22. The van der Waals surface area contributed by atoms with Crippen molar-refractivity contribution in [3.8, 4) is 5.75 Å². The molecule has 0 radical (unpaired) electrons. The highest BCUT2D eigenvalue weighted by molar-refractivity contribution is 5.26. The van der Waals surface area contributed by atoms with E-state index in [2.05, 4.69) is 18.7 Å². The van der Waals surface area contributed by atoms with Crippen molar-refractivity contribution in [3.05, 3.63) is 29.8 Å². The van der Waals surface area contributed by atoms with Crippen molar-refractivity contribution in [2.45, 2.75) is 58.2 Å². The maximum Gasteiger partial charge on any atom is 0.119 e. The zero-order valence-corrected chi connectivity index (χ0v) is 12.8. The summed E-state index contributed by atoms with van der Waals surface area (Å²) in [7, 11) is 0. The summed E-state index contributed by atoms with van der Waals surface area (Å²) in [6.07, 6.45) is 5.15. The lowest BCUT2D eigenvalue weighted by Gasteiger charge is -2.39. The van der Waals surface area contributed by atoms with Crippen LogP contribution in [0.2, 0.25) is 0 Å². The fraction of sp³-hybridized carbons (Fsp3) is 0.647. The van der Waals surface area contributed by atoms with Crippen LogP contribution >= 0.6 is 0 Å². The molecule has 1 saturated heterocycles. The van der Waals surface area contributed by atoms with Gasteiger partial charge in [-0.05, 0) is 50.8 Å². The Hall–Kier alpha value is -1.06. The number of nitrogens with zero attached hydrogens (tertiary/aromatic N) is 1. The summed E-state index contributed by atoms with van der Waals surface area (Å²) in [4.78, 5) is 2.63. The molecule has 0 saturated carbocycles. The van der Waals surface area contributed by atoms with Gasteiger partial charge in [-0.15, -0.1) is 0 Å². The van der Waals surface area contributed by atoms with Gasteiger partial charge in [0.15, 0.2) is 0 Å². The number of rotatable bonds is 6. The molecular weight excluding hydrogens is 248 g/mol. The first kappa shape index (κ1) is 15.3. The molecule has 0 unspecified atom stereocenters. The van der Waals surface area contributed by atoms with Crippen LogP contribution in [0.4, 0.5) is 0 Å². The number of hydrogen-bond donors (Lipinski definition) is 1. The third kappa shape index (κ3) is 4.22. The Morgan fingerprint density at radius 2 is 1.80 bits per heavy atom. The first-order valence-electron chi connectivity index (χ1n) is 7.88. The molecule has 3 heteroatoms. The fourth-order valence-corrected chi connectivity index (χ4v) is 3.07. The zero-order chi connectivity index (χ0) is 14.4. The molecule has 1 aromatic carbocycles. The van der Waals surface area contributed by atoms with Gasteiger partial charge in [0.1, 0.15) is 5.75 Å². The van der Waals surface area contributed by atoms with E-state index in [4.69, 9.17) is 10.5 Å². The average molecular weight is 276 g/mol. The molecular formula is C17H28N2O. The molecule has 0 aliphatic carbocycles. The van der Waals surface area contributed by atoms with E-state index in [0.717, 1.165) is 43.0 Å². The van der Waals surface area contributed by atoms with Gasteiger partial charge in [0, 0.05) is 25.2 Å². The first-order chi connectivity index (χ1) is 9.70. The average Bonchev–Trinajstić information content (AvgIpc) is 2.46. The van der Waals surface area contributed by atoms with E-state index in [-0.39, 0.29) is 0 Å². The lowest BCUT2D eigenvalue weighted by molar-refractivity contribution is 0.0961. The molecule has 1 aromatic rings. The number of nitrogens with two attached hydrogens (primary N) is 1. The summed E-state index contributed by atoms with van der Waals surface area (Å²) in [6, 6.07) is 9.53. The molecule has 1 heterocycles. The molecule has 0 amide bonds. The minimum absolute atomic E-state index is 0.588. The van der Waals surface area contributed by atoms with Crippen molar-refractivity contribution < 1.29 is 4.74 Å². The molecule has 2 rings (SSSR count). The van der Waals surface area contributed by atoms with Crippen LogP contribution in [0.5, 0.6) is 5.75 Å². The van der Waals surface area contributed by atoms with Crippen LogP contribution in [0.1, 0.15) is 45.1 Å². The van der Waals surface area contributed by atoms with Gasteiger partial charge >= 0.3 is 0 Å². The first-order valence-corrected chi connectivity index (χ1v) is 7.88. The molecule has 112 valence electrons. The predicted molar refractivity (Wildman–Crippen MR) is 83.9 cm³/mol. The monoisotopic (exact) mass is 276 g/mol. The van der Waals surface area contributed by atoms with Gasteiger partial charge in [0.05, 0.1) is 6.61 Å². The van der Waals surface area contributed by atoms with Crippen molar-refractivity contribution >= 4 is 0 Å². The molecule has 2 atom stereocenters. The second-order valence-corrected chi connectivity index (χ2v) is 5.92. The Bertz CT molecular complexity index is 380. The Morgan fingerprint density at radius 3 is 2.40 bits per heavy atom. The fourth-order valence-electron chi connectivity index (χ4n) is 3.07. The summed E-state index contributed by atoms with van der Waals surface area (Å²) >= 11 is 0. The van der Waals surface area contributed by atoms with E-state index in [9.17, 15) is 0 Å². The van der Waals surface area contributed by atoms with E-state index in [1.807, 2.05) is 24.3 Å². The number of likely N-dealkylation sites (tertiary alicyclic amines) is 1.